The number of piperazine rings is 1. The van der Waals surface area contributed by atoms with Crippen LogP contribution in [-0.2, 0) is 4.79 Å². The Hall–Kier alpha value is -2.48. The lowest BCUT2D eigenvalue weighted by molar-refractivity contribution is -0.132. The average Bonchev–Trinajstić information content (AvgIpc) is 3.51. The van der Waals surface area contributed by atoms with Gasteiger partial charge in [0.25, 0.3) is 0 Å². The summed E-state index contributed by atoms with van der Waals surface area (Å²) in [7, 11) is 0. The van der Waals surface area contributed by atoms with E-state index in [0.29, 0.717) is 26.1 Å². The molecule has 1 saturated carbocycles. The quantitative estimate of drug-likeness (QED) is 0.298. The monoisotopic (exact) mass is 645 g/mol. The number of piperidine rings is 2. The number of alkyl halides is 2. The Morgan fingerprint density at radius 1 is 1.11 bits per heavy atom. The Labute approximate surface area is 271 Å². The maximum Gasteiger partial charge on any atom is 0.320 e. The average molecular weight is 646 g/mol. The lowest BCUT2D eigenvalue weighted by Crippen LogP contribution is -2.81. The van der Waals surface area contributed by atoms with Crippen LogP contribution in [0.5, 0.6) is 0 Å². The van der Waals surface area contributed by atoms with Gasteiger partial charge in [-0.1, -0.05) is 26.8 Å². The second-order valence-electron chi connectivity index (χ2n) is 15.1. The van der Waals surface area contributed by atoms with E-state index in [9.17, 15) is 9.59 Å². The Morgan fingerprint density at radius 3 is 2.70 bits per heavy atom. The van der Waals surface area contributed by atoms with Gasteiger partial charge in [-0.2, -0.15) is 0 Å². The van der Waals surface area contributed by atoms with Gasteiger partial charge in [-0.05, 0) is 69.9 Å². The van der Waals surface area contributed by atoms with Gasteiger partial charge in [0.05, 0.1) is 24.4 Å². The highest BCUT2D eigenvalue weighted by atomic mass is 19.1. The fourth-order valence-corrected chi connectivity index (χ4v) is 10.2. The minimum absolute atomic E-state index is 0.000349. The van der Waals surface area contributed by atoms with Crippen LogP contribution in [0.2, 0.25) is 0 Å². The number of nitrogens with one attached hydrogen (secondary N) is 5. The van der Waals surface area contributed by atoms with Crippen LogP contribution in [0.3, 0.4) is 0 Å². The summed E-state index contributed by atoms with van der Waals surface area (Å²) in [6.45, 7) is 12.5. The second-order valence-corrected chi connectivity index (χ2v) is 15.1. The van der Waals surface area contributed by atoms with E-state index >= 15 is 8.78 Å². The van der Waals surface area contributed by atoms with E-state index in [1.54, 1.807) is 4.90 Å². The smallest absolute Gasteiger partial charge is 0.320 e. The van der Waals surface area contributed by atoms with Crippen molar-refractivity contribution in [2.24, 2.45) is 23.7 Å². The number of nitrogens with zero attached hydrogens (tertiary/aromatic N) is 4. The second kappa shape index (κ2) is 12.9. The van der Waals surface area contributed by atoms with Gasteiger partial charge in [0.15, 0.2) is 0 Å². The zero-order valence-electron chi connectivity index (χ0n) is 27.5. The number of carbonyl (C=O) groups is 2. The molecule has 11 unspecified atom stereocenters. The third kappa shape index (κ3) is 5.48. The first-order chi connectivity index (χ1) is 22.2. The molecule has 0 spiro atoms. The summed E-state index contributed by atoms with van der Waals surface area (Å²) in [6, 6.07) is -1.14. The molecule has 0 radical (unpaired) electrons. The molecule has 5 saturated heterocycles. The van der Waals surface area contributed by atoms with Crippen molar-refractivity contribution in [2.75, 3.05) is 26.2 Å². The van der Waals surface area contributed by atoms with Crippen LogP contribution in [0, 0.1) is 23.7 Å². The highest BCUT2D eigenvalue weighted by Gasteiger charge is 2.58. The molecule has 6 aliphatic heterocycles. The van der Waals surface area contributed by atoms with E-state index in [0.717, 1.165) is 44.3 Å². The van der Waals surface area contributed by atoms with Crippen molar-refractivity contribution < 1.29 is 18.4 Å². The van der Waals surface area contributed by atoms with Crippen molar-refractivity contribution in [2.45, 2.75) is 121 Å². The summed E-state index contributed by atoms with van der Waals surface area (Å²) < 4.78 is 32.7. The van der Waals surface area contributed by atoms with Crippen molar-refractivity contribution in [3.05, 3.63) is 24.6 Å². The maximum absolute atomic E-state index is 16.7. The van der Waals surface area contributed by atoms with Crippen LogP contribution in [-0.4, -0.2) is 113 Å². The van der Waals surface area contributed by atoms with Gasteiger partial charge in [-0.15, -0.1) is 5.53 Å². The fourth-order valence-electron chi connectivity index (χ4n) is 10.2. The molecular weight excluding hydrogens is 592 g/mol. The third-order valence-corrected chi connectivity index (χ3v) is 12.3. The summed E-state index contributed by atoms with van der Waals surface area (Å²) in [5.41, 5.74) is 7.73. The van der Waals surface area contributed by atoms with Gasteiger partial charge in [-0.3, -0.25) is 20.0 Å². The summed E-state index contributed by atoms with van der Waals surface area (Å²) in [5.74, 6) is -0.532. The summed E-state index contributed by atoms with van der Waals surface area (Å²) in [5, 5.41) is 13.0. The molecule has 0 aromatic rings. The number of halogens is 2. The molecule has 12 atom stereocenters. The minimum atomic E-state index is -1.24. The summed E-state index contributed by atoms with van der Waals surface area (Å²) in [6.07, 6.45) is 4.94. The van der Waals surface area contributed by atoms with E-state index in [-0.39, 0.29) is 60.3 Å². The topological polar surface area (TPSA) is 107 Å². The summed E-state index contributed by atoms with van der Waals surface area (Å²) >= 11 is 0. The number of hydrogen-bond donors (Lipinski definition) is 5. The van der Waals surface area contributed by atoms with E-state index in [1.165, 1.54) is 6.08 Å². The number of rotatable bonds is 3. The van der Waals surface area contributed by atoms with Crippen molar-refractivity contribution >= 4 is 11.9 Å². The van der Waals surface area contributed by atoms with Gasteiger partial charge >= 0.3 is 6.03 Å². The predicted octanol–water partition coefficient (Wildman–Crippen LogP) is 2.17. The molecule has 0 aromatic carbocycles. The van der Waals surface area contributed by atoms with Crippen LogP contribution in [0.4, 0.5) is 13.6 Å². The molecule has 256 valence electrons. The highest BCUT2D eigenvalue weighted by molar-refractivity contribution is 5.87. The molecule has 46 heavy (non-hydrogen) atoms. The number of amides is 3. The van der Waals surface area contributed by atoms with Gasteiger partial charge < -0.3 is 25.9 Å². The first-order valence-corrected chi connectivity index (χ1v) is 17.7. The molecule has 13 heteroatoms. The number of carbonyl (C=O) groups excluding carboxylic acids is 2. The van der Waals surface area contributed by atoms with E-state index < -0.39 is 36.6 Å². The molecule has 7 rings (SSSR count). The van der Waals surface area contributed by atoms with Crippen molar-refractivity contribution in [3.8, 4) is 0 Å². The maximum atomic E-state index is 16.7. The van der Waals surface area contributed by atoms with Gasteiger partial charge in [0.2, 0.25) is 5.91 Å². The predicted molar refractivity (Wildman–Crippen MR) is 171 cm³/mol. The van der Waals surface area contributed by atoms with Crippen LogP contribution < -0.4 is 26.9 Å². The zero-order valence-corrected chi connectivity index (χ0v) is 27.5. The third-order valence-electron chi connectivity index (χ3n) is 12.3. The fraction of sp³-hybridized carbons (Fsp3) is 0.818. The minimum Gasteiger partial charge on any atom is -0.336 e. The highest BCUT2D eigenvalue weighted by Crippen LogP contribution is 2.45. The van der Waals surface area contributed by atoms with Gasteiger partial charge in [0.1, 0.15) is 12.3 Å². The Balaban J connectivity index is 1.30. The first-order valence-electron chi connectivity index (χ1n) is 17.7. The number of hydrogen-bond acceptors (Lipinski definition) is 8. The number of urea groups is 1. The van der Waals surface area contributed by atoms with E-state index in [2.05, 4.69) is 64.2 Å². The molecule has 11 nitrogen and oxygen atoms in total. The zero-order chi connectivity index (χ0) is 32.3. The molecule has 6 fully saturated rings. The van der Waals surface area contributed by atoms with Gasteiger partial charge in [0, 0.05) is 61.5 Å². The van der Waals surface area contributed by atoms with Gasteiger partial charge in [-0.25, -0.2) is 13.6 Å². The first kappa shape index (κ1) is 32.1. The number of fused-ring (bicyclic) bond motifs is 7. The number of allylic oxidation sites excluding steroid dienone is 1. The lowest BCUT2D eigenvalue weighted by atomic mass is 9.68. The normalized spacial score (nSPS) is 43.2. The molecule has 5 N–H and O–H groups in total. The van der Waals surface area contributed by atoms with E-state index in [4.69, 9.17) is 0 Å². The Morgan fingerprint density at radius 2 is 1.93 bits per heavy atom. The van der Waals surface area contributed by atoms with Crippen LogP contribution in [0.25, 0.3) is 0 Å². The summed E-state index contributed by atoms with van der Waals surface area (Å²) in [4.78, 5) is 33.1. The largest absolute Gasteiger partial charge is 0.336 e. The molecule has 2 bridgehead atoms. The van der Waals surface area contributed by atoms with Crippen molar-refractivity contribution in [3.63, 3.8) is 0 Å². The van der Waals surface area contributed by atoms with E-state index in [1.807, 2.05) is 11.1 Å². The van der Waals surface area contributed by atoms with Crippen molar-refractivity contribution in [1.29, 1.82) is 0 Å². The van der Waals surface area contributed by atoms with Crippen LogP contribution in [0.15, 0.2) is 24.6 Å². The molecule has 7 aliphatic rings. The molecule has 6 heterocycles. The molecule has 0 aromatic heterocycles. The molecule has 1 aliphatic carbocycles. The van der Waals surface area contributed by atoms with Crippen molar-refractivity contribution in [1.82, 2.24) is 46.6 Å². The Kier molecular flexibility index (Phi) is 8.96. The molecular formula is C33H53F2N9O2. The standard InChI is InChI=1S/C33H53F2N9O2/c1-5-26(45)41-13-14-42(19(4)17-41)31-22-15-24(35)29-27-20(7-6-8-23(27)34)9-10-21-16-37-40-44(21)25-11-12-36-28(18(2)3)30(25)43(32(22)38-29)33(46)39-31/h5,16,18-20,22-25,27-32,36-38,40H,1,6-15,17H2,2-4H3,(H,39,46)/t19-,20?,22?,23?,24?,25?,27?,28?,29?,30?,31?,32?/m0/s1. The number of hydrazine groups is 2. The van der Waals surface area contributed by atoms with Crippen LogP contribution in [0.1, 0.15) is 65.7 Å². The lowest BCUT2D eigenvalue weighted by Gasteiger charge is -2.61. The Bertz CT molecular complexity index is 1210. The SMILES string of the molecule is C=CC(=O)N1CCN(C2NC(=O)N3C4NC(C(F)CC42)C2C(F)CCCC2CCC2=CNNN2C2CCNC(C(C)C)C23)[C@@H](C)C1. The van der Waals surface area contributed by atoms with Crippen LogP contribution >= 0.6 is 0 Å². The molecule has 3 amide bonds.